The highest BCUT2D eigenvalue weighted by molar-refractivity contribution is 5.90. The first-order valence-corrected chi connectivity index (χ1v) is 15.2. The summed E-state index contributed by atoms with van der Waals surface area (Å²) < 4.78 is 18.2. The molecular weight excluding hydrogens is 636 g/mol. The average molecular weight is 678 g/mol. The summed E-state index contributed by atoms with van der Waals surface area (Å²) in [6, 6.07) is 30.0. The number of ether oxygens (including phenoxy) is 3. The molecule has 2 aromatic heterocycles. The number of hydrogen-bond donors (Lipinski definition) is 2. The number of rotatable bonds is 12. The van der Waals surface area contributed by atoms with E-state index in [4.69, 9.17) is 14.2 Å². The van der Waals surface area contributed by atoms with Crippen LogP contribution in [-0.2, 0) is 40.5 Å². The fraction of sp³-hybridized carbons (Fsp3) is 0.278. The number of benzene rings is 2. The highest BCUT2D eigenvalue weighted by Gasteiger charge is 2.21. The van der Waals surface area contributed by atoms with Crippen LogP contribution in [0.4, 0.5) is 9.59 Å². The Bertz CT molecular complexity index is 1610. The van der Waals surface area contributed by atoms with Crippen LogP contribution in [-0.4, -0.2) is 43.1 Å². The van der Waals surface area contributed by atoms with Crippen molar-refractivity contribution in [1.82, 2.24) is 10.6 Å². The van der Waals surface area contributed by atoms with E-state index < -0.39 is 18.2 Å². The minimum absolute atomic E-state index is 0. The summed E-state index contributed by atoms with van der Waals surface area (Å²) in [7, 11) is 1.30. The maximum atomic E-state index is 11.9. The topological polar surface area (TPSA) is 128 Å². The van der Waals surface area contributed by atoms with Crippen LogP contribution in [0.1, 0.15) is 52.9 Å². The largest absolute Gasteiger partial charge is 1.00 e. The predicted molar refractivity (Wildman–Crippen MR) is 173 cm³/mol. The van der Waals surface area contributed by atoms with Gasteiger partial charge in [-0.1, -0.05) is 60.7 Å². The molecule has 0 saturated carbocycles. The molecular formula is C36H42ClN4O7+. The van der Waals surface area contributed by atoms with Crippen molar-refractivity contribution >= 4 is 23.9 Å². The number of carbonyl (C=O) groups excluding carboxylic acids is 4. The Morgan fingerprint density at radius 1 is 0.625 bits per heavy atom. The van der Waals surface area contributed by atoms with E-state index in [1.165, 1.54) is 18.6 Å². The lowest BCUT2D eigenvalue weighted by Crippen LogP contribution is -3.00. The summed E-state index contributed by atoms with van der Waals surface area (Å²) in [5.74, 6) is -0.566. The number of pyridine rings is 2. The van der Waals surface area contributed by atoms with Crippen LogP contribution in [0.5, 0.6) is 0 Å². The van der Waals surface area contributed by atoms with Crippen LogP contribution in [0.3, 0.4) is 0 Å². The summed E-state index contributed by atoms with van der Waals surface area (Å²) in [6.45, 7) is 5.23. The fourth-order valence-electron chi connectivity index (χ4n) is 4.57. The molecule has 0 bridgehead atoms. The van der Waals surface area contributed by atoms with Gasteiger partial charge in [-0.25, -0.2) is 14.4 Å². The lowest BCUT2D eigenvalue weighted by Gasteiger charge is -2.13. The Balaban J connectivity index is 0.000000327. The number of esters is 1. The molecule has 0 fully saturated rings. The number of aromatic nitrogens is 2. The number of ketones is 1. The molecule has 0 aliphatic rings. The maximum absolute atomic E-state index is 11.9. The lowest BCUT2D eigenvalue weighted by molar-refractivity contribution is -0.729. The zero-order valence-corrected chi connectivity index (χ0v) is 28.3. The molecule has 0 spiro atoms. The van der Waals surface area contributed by atoms with Crippen molar-refractivity contribution in [2.75, 3.05) is 7.11 Å². The zero-order valence-electron chi connectivity index (χ0n) is 27.5. The van der Waals surface area contributed by atoms with E-state index in [9.17, 15) is 19.2 Å². The van der Waals surface area contributed by atoms with Crippen LogP contribution in [0.2, 0.25) is 0 Å². The predicted octanol–water partition coefficient (Wildman–Crippen LogP) is 1.57. The third-order valence-corrected chi connectivity index (χ3v) is 6.80. The molecule has 254 valence electrons. The lowest BCUT2D eigenvalue weighted by atomic mass is 10.1. The summed E-state index contributed by atoms with van der Waals surface area (Å²) >= 11 is 0. The van der Waals surface area contributed by atoms with E-state index in [0.29, 0.717) is 17.8 Å². The van der Waals surface area contributed by atoms with Gasteiger partial charge in [0.2, 0.25) is 5.78 Å². The van der Waals surface area contributed by atoms with Gasteiger partial charge < -0.3 is 37.3 Å². The number of nitrogens with zero attached hydrogens (tertiary/aromatic N) is 2. The first kappa shape index (κ1) is 38.9. The standard InChI is InChI=1S/C18H20N2O4.C18H20N2O3.ClH/c1-14(12-15-8-4-3-5-9-15)19-18(22)24-13-20-11-7-6-10-16(20)17(21)23-2;1-14(12-16-8-4-3-5-9-16)19-18(22)23-13-20-11-7-6-10-17(20)15(2)21;/h3-11,14H,12-13H2,1-2H3;3-11,14H,12-13H2,1-2H3;1H/p+1/t2*14-;/m00./s1. The molecule has 0 unspecified atom stereocenters. The van der Waals surface area contributed by atoms with Crippen molar-refractivity contribution in [1.29, 1.82) is 0 Å². The van der Waals surface area contributed by atoms with Crippen molar-refractivity contribution in [3.8, 4) is 0 Å². The van der Waals surface area contributed by atoms with E-state index in [1.807, 2.05) is 74.5 Å². The molecule has 2 N–H and O–H groups in total. The van der Waals surface area contributed by atoms with Gasteiger partial charge >= 0.3 is 18.2 Å². The third-order valence-electron chi connectivity index (χ3n) is 6.80. The quantitative estimate of drug-likeness (QED) is 0.101. The molecule has 2 atom stereocenters. The SMILES string of the molecule is CC(=O)c1cccc[n+]1COC(=O)N[C@@H](C)Cc1ccccc1.COC(=O)c1cccc[n+]1COC(=O)N[C@@H](C)Cc1ccccc1.[Cl-]. The van der Waals surface area contributed by atoms with Crippen molar-refractivity contribution in [2.24, 2.45) is 0 Å². The molecule has 48 heavy (non-hydrogen) atoms. The monoisotopic (exact) mass is 677 g/mol. The van der Waals surface area contributed by atoms with Gasteiger partial charge in [0.25, 0.3) is 24.8 Å². The Morgan fingerprint density at radius 3 is 1.44 bits per heavy atom. The molecule has 4 aromatic rings. The molecule has 2 amide bonds. The number of halogens is 1. The molecule has 0 saturated heterocycles. The van der Waals surface area contributed by atoms with Gasteiger partial charge in [-0.05, 0) is 49.9 Å². The van der Waals surface area contributed by atoms with Crippen LogP contribution in [0, 0.1) is 0 Å². The summed E-state index contributed by atoms with van der Waals surface area (Å²) in [5.41, 5.74) is 3.09. The average Bonchev–Trinajstić information content (AvgIpc) is 3.07. The molecule has 4 rings (SSSR count). The highest BCUT2D eigenvalue weighted by atomic mass is 35.5. The molecule has 12 heteroatoms. The van der Waals surface area contributed by atoms with Crippen LogP contribution < -0.4 is 32.2 Å². The van der Waals surface area contributed by atoms with Gasteiger partial charge in [0.1, 0.15) is 0 Å². The van der Waals surface area contributed by atoms with Crippen LogP contribution in [0.25, 0.3) is 0 Å². The molecule has 2 heterocycles. The summed E-state index contributed by atoms with van der Waals surface area (Å²) in [4.78, 5) is 46.9. The summed E-state index contributed by atoms with van der Waals surface area (Å²) in [5, 5.41) is 5.56. The van der Waals surface area contributed by atoms with Gasteiger partial charge in [0, 0.05) is 43.3 Å². The van der Waals surface area contributed by atoms with Crippen LogP contribution in [0.15, 0.2) is 109 Å². The zero-order chi connectivity index (χ0) is 34.0. The Labute approximate surface area is 287 Å². The Hall–Kier alpha value is -5.29. The second-order valence-electron chi connectivity index (χ2n) is 10.8. The number of Topliss-reactive ketones (excluding diaryl/α,β-unsaturated/α-hetero) is 1. The number of amides is 2. The van der Waals surface area contributed by atoms with E-state index in [0.717, 1.165) is 17.5 Å². The first-order valence-electron chi connectivity index (χ1n) is 15.2. The first-order chi connectivity index (χ1) is 22.7. The second kappa shape index (κ2) is 20.8. The normalized spacial score (nSPS) is 11.2. The third kappa shape index (κ3) is 13.6. The smallest absolute Gasteiger partial charge is 0.412 e. The van der Waals surface area contributed by atoms with Crippen molar-refractivity contribution < 1.29 is 54.9 Å². The molecule has 0 aliphatic carbocycles. The number of hydrogen-bond acceptors (Lipinski definition) is 7. The van der Waals surface area contributed by atoms with E-state index in [-0.39, 0.29) is 43.7 Å². The van der Waals surface area contributed by atoms with Crippen molar-refractivity contribution in [3.05, 3.63) is 132 Å². The number of nitrogens with one attached hydrogen (secondary N) is 2. The van der Waals surface area contributed by atoms with E-state index in [1.54, 1.807) is 53.4 Å². The van der Waals surface area contributed by atoms with Crippen molar-refractivity contribution in [3.63, 3.8) is 0 Å². The van der Waals surface area contributed by atoms with Gasteiger partial charge in [-0.2, -0.15) is 9.13 Å². The minimum atomic E-state index is -0.536. The Morgan fingerprint density at radius 2 is 1.02 bits per heavy atom. The second-order valence-corrected chi connectivity index (χ2v) is 10.8. The fourth-order valence-corrected chi connectivity index (χ4v) is 4.57. The minimum Gasteiger partial charge on any atom is -1.00 e. The maximum Gasteiger partial charge on any atom is 0.412 e. The Kier molecular flexibility index (Phi) is 16.8. The number of methoxy groups -OCH3 is 1. The summed E-state index contributed by atoms with van der Waals surface area (Å²) in [6.07, 6.45) is 3.75. The van der Waals surface area contributed by atoms with Gasteiger partial charge in [-0.15, -0.1) is 0 Å². The highest BCUT2D eigenvalue weighted by Crippen LogP contribution is 2.04. The molecule has 2 aromatic carbocycles. The van der Waals surface area contributed by atoms with E-state index in [2.05, 4.69) is 10.6 Å². The molecule has 11 nitrogen and oxygen atoms in total. The molecule has 0 radical (unpaired) electrons. The van der Waals surface area contributed by atoms with Crippen LogP contribution >= 0.6 is 0 Å². The van der Waals surface area contributed by atoms with Gasteiger partial charge in [0.05, 0.1) is 7.11 Å². The van der Waals surface area contributed by atoms with Gasteiger partial charge in [-0.3, -0.25) is 4.79 Å². The van der Waals surface area contributed by atoms with Crippen molar-refractivity contribution in [2.45, 2.75) is 59.2 Å². The van der Waals surface area contributed by atoms with Gasteiger partial charge in [0.15, 0.2) is 12.4 Å². The number of alkyl carbamates (subject to hydrolysis) is 2. The van der Waals surface area contributed by atoms with E-state index >= 15 is 0 Å². The number of carbonyl (C=O) groups is 4. The molecule has 0 aliphatic heterocycles.